The number of benzene rings is 3. The van der Waals surface area contributed by atoms with E-state index in [-0.39, 0.29) is 11.0 Å². The minimum atomic E-state index is -0.298. The van der Waals surface area contributed by atoms with Crippen molar-refractivity contribution in [2.45, 2.75) is 26.7 Å². The smallest absolute Gasteiger partial charge is 0.257 e. The second-order valence-electron chi connectivity index (χ2n) is 8.19. The quantitative estimate of drug-likeness (QED) is 0.283. The summed E-state index contributed by atoms with van der Waals surface area (Å²) in [6, 6.07) is 22.9. The molecular weight excluding hydrogens is 512 g/mol. The molecule has 0 saturated heterocycles. The van der Waals surface area contributed by atoms with Crippen molar-refractivity contribution in [2.24, 2.45) is 5.92 Å². The van der Waals surface area contributed by atoms with Crippen LogP contribution in [0.5, 0.6) is 11.5 Å². The van der Waals surface area contributed by atoms with Gasteiger partial charge in [0.2, 0.25) is 0 Å². The van der Waals surface area contributed by atoms with Crippen molar-refractivity contribution < 1.29 is 14.3 Å². The maximum atomic E-state index is 12.6. The Hall–Kier alpha value is -2.90. The number of ether oxygens (including phenoxy) is 2. The molecule has 3 rings (SSSR count). The highest BCUT2D eigenvalue weighted by molar-refractivity contribution is 9.10. The number of hydrogen-bond acceptors (Lipinski definition) is 4. The van der Waals surface area contributed by atoms with Crippen LogP contribution in [0.25, 0.3) is 0 Å². The summed E-state index contributed by atoms with van der Waals surface area (Å²) in [4.78, 5) is 12.6. The molecule has 0 heterocycles. The van der Waals surface area contributed by atoms with Crippen LogP contribution in [0.3, 0.4) is 0 Å². The number of anilines is 1. The SMILES string of the molecule is CC(C)CCOc1ccc(C(=O)NC(=S)Nc2ccc(OCCc3ccccc3)cc2)cc1Br. The van der Waals surface area contributed by atoms with E-state index in [1.807, 2.05) is 42.5 Å². The van der Waals surface area contributed by atoms with Crippen LogP contribution in [0.2, 0.25) is 0 Å². The van der Waals surface area contributed by atoms with E-state index in [1.54, 1.807) is 18.2 Å². The first-order chi connectivity index (χ1) is 16.4. The summed E-state index contributed by atoms with van der Waals surface area (Å²) in [6.07, 6.45) is 1.81. The predicted octanol–water partition coefficient (Wildman–Crippen LogP) is 6.62. The molecular formula is C27H29BrN2O3S. The molecule has 3 aromatic carbocycles. The normalized spacial score (nSPS) is 10.6. The summed E-state index contributed by atoms with van der Waals surface area (Å²) in [5, 5.41) is 5.95. The standard InChI is InChI=1S/C27H29BrN2O3S/c1-19(2)14-16-33-25-13-8-21(18-24(25)28)26(31)30-27(34)29-22-9-11-23(12-10-22)32-17-15-20-6-4-3-5-7-20/h3-13,18-19H,14-17H2,1-2H3,(H2,29,30,31,34). The first-order valence-corrected chi connectivity index (χ1v) is 12.4. The largest absolute Gasteiger partial charge is 0.493 e. The minimum Gasteiger partial charge on any atom is -0.493 e. The number of thiocarbonyl (C=S) groups is 1. The van der Waals surface area contributed by atoms with Gasteiger partial charge >= 0.3 is 0 Å². The fourth-order valence-corrected chi connectivity index (χ4v) is 3.77. The number of hydrogen-bond donors (Lipinski definition) is 2. The zero-order valence-corrected chi connectivity index (χ0v) is 21.7. The Morgan fingerprint density at radius 1 is 0.971 bits per heavy atom. The van der Waals surface area contributed by atoms with Gasteiger partial charge in [-0.3, -0.25) is 10.1 Å². The number of amides is 1. The highest BCUT2D eigenvalue weighted by Gasteiger charge is 2.11. The van der Waals surface area contributed by atoms with E-state index in [9.17, 15) is 4.79 Å². The van der Waals surface area contributed by atoms with Crippen molar-refractivity contribution in [3.05, 3.63) is 88.4 Å². The molecule has 0 aliphatic carbocycles. The summed E-state index contributed by atoms with van der Waals surface area (Å²) in [6.45, 7) is 5.53. The van der Waals surface area contributed by atoms with Crippen LogP contribution in [-0.4, -0.2) is 24.2 Å². The molecule has 7 heteroatoms. The van der Waals surface area contributed by atoms with E-state index in [2.05, 4.69) is 52.5 Å². The molecule has 0 bridgehead atoms. The fourth-order valence-electron chi connectivity index (χ4n) is 3.07. The number of halogens is 1. The maximum Gasteiger partial charge on any atom is 0.257 e. The lowest BCUT2D eigenvalue weighted by Gasteiger charge is -2.12. The van der Waals surface area contributed by atoms with Gasteiger partial charge in [-0.25, -0.2) is 0 Å². The van der Waals surface area contributed by atoms with E-state index in [0.717, 1.165) is 28.8 Å². The molecule has 0 saturated carbocycles. The van der Waals surface area contributed by atoms with E-state index in [1.165, 1.54) is 5.56 Å². The Bertz CT molecular complexity index is 1090. The Morgan fingerprint density at radius 2 is 1.71 bits per heavy atom. The Balaban J connectivity index is 1.45. The lowest BCUT2D eigenvalue weighted by Crippen LogP contribution is -2.34. The van der Waals surface area contributed by atoms with Crippen LogP contribution in [0, 0.1) is 5.92 Å². The van der Waals surface area contributed by atoms with Crippen LogP contribution in [-0.2, 0) is 6.42 Å². The summed E-state index contributed by atoms with van der Waals surface area (Å²) >= 11 is 8.77. The van der Waals surface area contributed by atoms with Gasteiger partial charge in [-0.15, -0.1) is 0 Å². The van der Waals surface area contributed by atoms with Gasteiger partial charge in [0.15, 0.2) is 5.11 Å². The van der Waals surface area contributed by atoms with Crippen molar-refractivity contribution in [1.82, 2.24) is 5.32 Å². The molecule has 3 aromatic rings. The average Bonchev–Trinajstić information content (AvgIpc) is 2.81. The number of nitrogens with one attached hydrogen (secondary N) is 2. The third-order valence-corrected chi connectivity index (χ3v) is 5.81. The van der Waals surface area contributed by atoms with Crippen molar-refractivity contribution in [3.63, 3.8) is 0 Å². The third-order valence-electron chi connectivity index (χ3n) is 4.99. The van der Waals surface area contributed by atoms with Crippen molar-refractivity contribution in [1.29, 1.82) is 0 Å². The second kappa shape index (κ2) is 13.1. The van der Waals surface area contributed by atoms with Gasteiger partial charge in [-0.1, -0.05) is 44.2 Å². The van der Waals surface area contributed by atoms with E-state index >= 15 is 0 Å². The first-order valence-electron chi connectivity index (χ1n) is 11.2. The molecule has 0 fully saturated rings. The molecule has 178 valence electrons. The number of carbonyl (C=O) groups is 1. The van der Waals surface area contributed by atoms with Gasteiger partial charge in [0.25, 0.3) is 5.91 Å². The minimum absolute atomic E-state index is 0.219. The third kappa shape index (κ3) is 8.47. The first kappa shape index (κ1) is 25.7. The summed E-state index contributed by atoms with van der Waals surface area (Å²) in [5.41, 5.74) is 2.48. The maximum absolute atomic E-state index is 12.6. The van der Waals surface area contributed by atoms with Gasteiger partial charge in [0, 0.05) is 17.7 Å². The Labute approximate surface area is 215 Å². The summed E-state index contributed by atoms with van der Waals surface area (Å²) in [5.74, 6) is 1.76. The van der Waals surface area contributed by atoms with Gasteiger partial charge in [-0.05, 0) is 88.5 Å². The molecule has 1 amide bonds. The molecule has 34 heavy (non-hydrogen) atoms. The zero-order valence-electron chi connectivity index (χ0n) is 19.3. The van der Waals surface area contributed by atoms with Gasteiger partial charge in [-0.2, -0.15) is 0 Å². The van der Waals surface area contributed by atoms with Crippen LogP contribution >= 0.6 is 28.1 Å². The summed E-state index contributed by atoms with van der Waals surface area (Å²) < 4.78 is 12.3. The molecule has 0 aliphatic rings. The molecule has 5 nitrogen and oxygen atoms in total. The van der Waals surface area contributed by atoms with Gasteiger partial charge in [0.05, 0.1) is 17.7 Å². The average molecular weight is 542 g/mol. The summed E-state index contributed by atoms with van der Waals surface area (Å²) in [7, 11) is 0. The van der Waals surface area contributed by atoms with Gasteiger partial charge in [0.1, 0.15) is 11.5 Å². The molecule has 0 radical (unpaired) electrons. The molecule has 0 unspecified atom stereocenters. The second-order valence-corrected chi connectivity index (χ2v) is 9.46. The zero-order chi connectivity index (χ0) is 24.3. The van der Waals surface area contributed by atoms with Crippen molar-refractivity contribution >= 4 is 44.9 Å². The molecule has 0 aromatic heterocycles. The van der Waals surface area contributed by atoms with Gasteiger partial charge < -0.3 is 14.8 Å². The monoisotopic (exact) mass is 540 g/mol. The van der Waals surface area contributed by atoms with Crippen LogP contribution in [0.1, 0.15) is 36.2 Å². The van der Waals surface area contributed by atoms with Crippen LogP contribution < -0.4 is 20.1 Å². The Kier molecular flexibility index (Phi) is 9.91. The fraction of sp³-hybridized carbons (Fsp3) is 0.259. The highest BCUT2D eigenvalue weighted by Crippen LogP contribution is 2.26. The highest BCUT2D eigenvalue weighted by atomic mass is 79.9. The van der Waals surface area contributed by atoms with E-state index in [0.29, 0.717) is 30.4 Å². The Morgan fingerprint density at radius 3 is 2.38 bits per heavy atom. The topological polar surface area (TPSA) is 59.6 Å². The molecule has 2 N–H and O–H groups in total. The predicted molar refractivity (Wildman–Crippen MR) is 145 cm³/mol. The van der Waals surface area contributed by atoms with Crippen molar-refractivity contribution in [3.8, 4) is 11.5 Å². The molecule has 0 atom stereocenters. The number of rotatable bonds is 10. The van der Waals surface area contributed by atoms with E-state index in [4.69, 9.17) is 21.7 Å². The van der Waals surface area contributed by atoms with E-state index < -0.39 is 0 Å². The molecule has 0 spiro atoms. The number of carbonyl (C=O) groups excluding carboxylic acids is 1. The van der Waals surface area contributed by atoms with Crippen LogP contribution in [0.15, 0.2) is 77.3 Å². The van der Waals surface area contributed by atoms with Crippen molar-refractivity contribution in [2.75, 3.05) is 18.5 Å². The van der Waals surface area contributed by atoms with Crippen LogP contribution in [0.4, 0.5) is 5.69 Å². The lowest BCUT2D eigenvalue weighted by molar-refractivity contribution is 0.0977. The lowest BCUT2D eigenvalue weighted by atomic mass is 10.1. The molecule has 0 aliphatic heterocycles.